The molecule has 88 valence electrons. The van der Waals surface area contributed by atoms with E-state index in [0.717, 1.165) is 5.56 Å². The van der Waals surface area contributed by atoms with Crippen LogP contribution in [0.4, 0.5) is 10.5 Å². The van der Waals surface area contributed by atoms with Crippen LogP contribution in [0.25, 0.3) is 0 Å². The highest BCUT2D eigenvalue weighted by atomic mass is 16.2. The fourth-order valence-electron chi connectivity index (χ4n) is 1.47. The molecule has 5 nitrogen and oxygen atoms in total. The summed E-state index contributed by atoms with van der Waals surface area (Å²) in [5.41, 5.74) is 1.76. The van der Waals surface area contributed by atoms with Gasteiger partial charge in [0.25, 0.3) is 0 Å². The fourth-order valence-corrected chi connectivity index (χ4v) is 1.47. The van der Waals surface area contributed by atoms with Gasteiger partial charge in [-0.05, 0) is 5.56 Å². The molecule has 0 saturated heterocycles. The molecule has 2 amide bonds. The topological polar surface area (TPSA) is 61.0 Å². The van der Waals surface area contributed by atoms with Crippen LogP contribution in [0.5, 0.6) is 0 Å². The third-order valence-corrected chi connectivity index (χ3v) is 2.36. The van der Waals surface area contributed by atoms with Crippen molar-refractivity contribution in [1.82, 2.24) is 15.1 Å². The van der Waals surface area contributed by atoms with Crippen LogP contribution in [0.3, 0.4) is 0 Å². The molecule has 17 heavy (non-hydrogen) atoms. The van der Waals surface area contributed by atoms with E-state index in [-0.39, 0.29) is 6.03 Å². The van der Waals surface area contributed by atoms with Gasteiger partial charge >= 0.3 is 6.03 Å². The molecule has 1 aromatic carbocycles. The molecule has 0 atom stereocenters. The number of aromatic amines is 1. The van der Waals surface area contributed by atoms with Crippen molar-refractivity contribution >= 4 is 11.7 Å². The lowest BCUT2D eigenvalue weighted by Crippen LogP contribution is -2.30. The minimum atomic E-state index is -0.157. The average Bonchev–Trinajstić information content (AvgIpc) is 2.83. The Morgan fingerprint density at radius 2 is 2.18 bits per heavy atom. The molecular weight excluding hydrogens is 216 g/mol. The fraction of sp³-hybridized carbons (Fsp3) is 0.167. The Hall–Kier alpha value is -2.30. The summed E-state index contributed by atoms with van der Waals surface area (Å²) in [6.45, 7) is 0.574. The number of carbonyl (C=O) groups excluding carboxylic acids is 1. The van der Waals surface area contributed by atoms with Crippen molar-refractivity contribution in [2.75, 3.05) is 12.4 Å². The van der Waals surface area contributed by atoms with Gasteiger partial charge in [-0.1, -0.05) is 30.3 Å². The van der Waals surface area contributed by atoms with Crippen molar-refractivity contribution in [1.29, 1.82) is 0 Å². The Morgan fingerprint density at radius 1 is 1.41 bits per heavy atom. The number of benzene rings is 1. The van der Waals surface area contributed by atoms with Gasteiger partial charge in [-0.3, -0.25) is 5.10 Å². The first-order chi connectivity index (χ1) is 8.25. The molecule has 0 bridgehead atoms. The van der Waals surface area contributed by atoms with Crippen LogP contribution in [0.2, 0.25) is 0 Å². The number of carbonyl (C=O) groups is 1. The van der Waals surface area contributed by atoms with Crippen molar-refractivity contribution in [2.24, 2.45) is 0 Å². The van der Waals surface area contributed by atoms with Crippen molar-refractivity contribution < 1.29 is 4.79 Å². The number of H-pyrrole nitrogens is 1. The Bertz CT molecular complexity index is 467. The molecule has 0 radical (unpaired) electrons. The Morgan fingerprint density at radius 3 is 2.82 bits per heavy atom. The predicted octanol–water partition coefficient (Wildman–Crippen LogP) is 2.07. The van der Waals surface area contributed by atoms with Crippen molar-refractivity contribution in [3.63, 3.8) is 0 Å². The van der Waals surface area contributed by atoms with Gasteiger partial charge in [0, 0.05) is 19.8 Å². The van der Waals surface area contributed by atoms with Crippen molar-refractivity contribution in [3.05, 3.63) is 48.3 Å². The van der Waals surface area contributed by atoms with Gasteiger partial charge in [-0.15, -0.1) is 0 Å². The van der Waals surface area contributed by atoms with Crippen LogP contribution in [-0.4, -0.2) is 28.2 Å². The van der Waals surface area contributed by atoms with E-state index in [1.54, 1.807) is 24.3 Å². The average molecular weight is 230 g/mol. The zero-order chi connectivity index (χ0) is 12.1. The van der Waals surface area contributed by atoms with E-state index in [2.05, 4.69) is 15.5 Å². The summed E-state index contributed by atoms with van der Waals surface area (Å²) in [7, 11) is 1.75. The van der Waals surface area contributed by atoms with Crippen LogP contribution in [-0.2, 0) is 6.54 Å². The normalized spacial score (nSPS) is 9.94. The molecule has 0 aliphatic carbocycles. The maximum atomic E-state index is 11.8. The molecule has 2 N–H and O–H groups in total. The van der Waals surface area contributed by atoms with E-state index < -0.39 is 0 Å². The maximum absolute atomic E-state index is 11.8. The number of anilines is 1. The maximum Gasteiger partial charge on any atom is 0.321 e. The smallest absolute Gasteiger partial charge is 0.321 e. The summed E-state index contributed by atoms with van der Waals surface area (Å²) in [4.78, 5) is 13.4. The second-order valence-electron chi connectivity index (χ2n) is 3.76. The first-order valence-electron chi connectivity index (χ1n) is 5.30. The van der Waals surface area contributed by atoms with Gasteiger partial charge in [-0.2, -0.15) is 5.10 Å². The van der Waals surface area contributed by atoms with Gasteiger partial charge in [0.1, 0.15) is 0 Å². The van der Waals surface area contributed by atoms with E-state index >= 15 is 0 Å². The quantitative estimate of drug-likeness (QED) is 0.848. The van der Waals surface area contributed by atoms with Gasteiger partial charge in [0.05, 0.1) is 11.9 Å². The van der Waals surface area contributed by atoms with E-state index in [1.165, 1.54) is 0 Å². The lowest BCUT2D eigenvalue weighted by Gasteiger charge is -2.17. The first kappa shape index (κ1) is 11.2. The Balaban J connectivity index is 1.92. The molecule has 1 heterocycles. The van der Waals surface area contributed by atoms with Crippen molar-refractivity contribution in [3.8, 4) is 0 Å². The Kier molecular flexibility index (Phi) is 3.40. The zero-order valence-electron chi connectivity index (χ0n) is 9.55. The lowest BCUT2D eigenvalue weighted by atomic mass is 10.2. The number of rotatable bonds is 3. The van der Waals surface area contributed by atoms with Gasteiger partial charge in [-0.25, -0.2) is 4.79 Å². The third-order valence-electron chi connectivity index (χ3n) is 2.36. The molecule has 1 aromatic heterocycles. The van der Waals surface area contributed by atoms with Crippen LogP contribution >= 0.6 is 0 Å². The monoisotopic (exact) mass is 230 g/mol. The first-order valence-corrected chi connectivity index (χ1v) is 5.30. The van der Waals surface area contributed by atoms with Crippen LogP contribution in [0, 0.1) is 0 Å². The standard InChI is InChI=1S/C12H14N4O/c1-16(9-10-5-3-2-4-6-10)12(17)15-11-7-13-14-8-11/h2-8H,9H2,1H3,(H,13,14)(H,15,17). The highest BCUT2D eigenvalue weighted by molar-refractivity contribution is 5.88. The van der Waals surface area contributed by atoms with E-state index in [1.807, 2.05) is 30.3 Å². The molecule has 0 aliphatic heterocycles. The minimum absolute atomic E-state index is 0.157. The molecule has 0 saturated carbocycles. The number of hydrogen-bond acceptors (Lipinski definition) is 2. The minimum Gasteiger partial charge on any atom is -0.323 e. The SMILES string of the molecule is CN(Cc1ccccc1)C(=O)Nc1cn[nH]c1. The predicted molar refractivity (Wildman–Crippen MR) is 65.5 cm³/mol. The second-order valence-corrected chi connectivity index (χ2v) is 3.76. The zero-order valence-corrected chi connectivity index (χ0v) is 9.55. The number of amides is 2. The van der Waals surface area contributed by atoms with Crippen LogP contribution in [0.1, 0.15) is 5.56 Å². The summed E-state index contributed by atoms with van der Waals surface area (Å²) in [6.07, 6.45) is 3.20. The molecule has 0 spiro atoms. The van der Waals surface area contributed by atoms with Gasteiger partial charge in [0.2, 0.25) is 0 Å². The van der Waals surface area contributed by atoms with E-state index in [9.17, 15) is 4.79 Å². The third kappa shape index (κ3) is 3.07. The summed E-state index contributed by atoms with van der Waals surface area (Å²) in [5.74, 6) is 0. The lowest BCUT2D eigenvalue weighted by molar-refractivity contribution is 0.220. The molecular formula is C12H14N4O. The second kappa shape index (κ2) is 5.16. The highest BCUT2D eigenvalue weighted by Crippen LogP contribution is 2.06. The number of urea groups is 1. The number of nitrogens with zero attached hydrogens (tertiary/aromatic N) is 2. The molecule has 0 unspecified atom stereocenters. The Labute approximate surface area is 99.5 Å². The molecule has 2 rings (SSSR count). The highest BCUT2D eigenvalue weighted by Gasteiger charge is 2.09. The molecule has 5 heteroatoms. The van der Waals surface area contributed by atoms with Crippen LogP contribution < -0.4 is 5.32 Å². The molecule has 0 fully saturated rings. The summed E-state index contributed by atoms with van der Waals surface area (Å²) < 4.78 is 0. The van der Waals surface area contributed by atoms with Crippen molar-refractivity contribution in [2.45, 2.75) is 6.54 Å². The summed E-state index contributed by atoms with van der Waals surface area (Å²) in [5, 5.41) is 9.14. The summed E-state index contributed by atoms with van der Waals surface area (Å²) in [6, 6.07) is 9.68. The van der Waals surface area contributed by atoms with E-state index in [0.29, 0.717) is 12.2 Å². The number of nitrogens with one attached hydrogen (secondary N) is 2. The van der Waals surface area contributed by atoms with Gasteiger partial charge in [0.15, 0.2) is 0 Å². The van der Waals surface area contributed by atoms with Crippen LogP contribution in [0.15, 0.2) is 42.7 Å². The number of aromatic nitrogens is 2. The van der Waals surface area contributed by atoms with Gasteiger partial charge < -0.3 is 10.2 Å². The number of hydrogen-bond donors (Lipinski definition) is 2. The summed E-state index contributed by atoms with van der Waals surface area (Å²) >= 11 is 0. The molecule has 2 aromatic rings. The van der Waals surface area contributed by atoms with E-state index in [4.69, 9.17) is 0 Å². The largest absolute Gasteiger partial charge is 0.323 e. The molecule has 0 aliphatic rings.